The van der Waals surface area contributed by atoms with E-state index >= 15 is 0 Å². The first-order chi connectivity index (χ1) is 10.2. The van der Waals surface area contributed by atoms with Crippen LogP contribution in [0.3, 0.4) is 0 Å². The number of hydrogen-bond donors (Lipinski definition) is 0. The second kappa shape index (κ2) is 10.4. The van der Waals surface area contributed by atoms with Crippen LogP contribution >= 0.6 is 0 Å². The van der Waals surface area contributed by atoms with Crippen LogP contribution < -0.4 is 0 Å². The van der Waals surface area contributed by atoms with Crippen LogP contribution in [0.1, 0.15) is 39.5 Å². The molecule has 0 aliphatic rings. The summed E-state index contributed by atoms with van der Waals surface area (Å²) in [6.45, 7) is 1.80. The zero-order valence-corrected chi connectivity index (χ0v) is 12.5. The fourth-order valence-electron chi connectivity index (χ4n) is 1.22. The van der Waals surface area contributed by atoms with Crippen molar-refractivity contribution in [3.63, 3.8) is 0 Å². The molecule has 0 bridgehead atoms. The topological polar surface area (TPSA) is 121 Å². The van der Waals surface area contributed by atoms with Crippen molar-refractivity contribution in [1.29, 1.82) is 0 Å². The lowest BCUT2D eigenvalue weighted by atomic mass is 10.2. The molecule has 122 valence electrons. The predicted octanol–water partition coefficient (Wildman–Crippen LogP) is -0.0506. The van der Waals surface area contributed by atoms with E-state index in [9.17, 15) is 28.8 Å². The summed E-state index contributed by atoms with van der Waals surface area (Å²) in [4.78, 5) is 65.6. The Morgan fingerprint density at radius 3 is 1.18 bits per heavy atom. The van der Waals surface area contributed by atoms with Crippen molar-refractivity contribution >= 4 is 35.1 Å². The van der Waals surface area contributed by atoms with Crippen LogP contribution in [0.15, 0.2) is 0 Å². The third-order valence-corrected chi connectivity index (χ3v) is 2.50. The van der Waals surface area contributed by atoms with Gasteiger partial charge in [-0.3, -0.25) is 28.8 Å². The number of ketones is 4. The Bertz CT molecular complexity index is 433. The molecule has 0 rings (SSSR count). The first-order valence-corrected chi connectivity index (χ1v) is 6.62. The minimum Gasteiger partial charge on any atom is -0.465 e. The average molecular weight is 314 g/mol. The smallest absolute Gasteiger partial charge is 0.306 e. The molecule has 0 aromatic heterocycles. The Hall–Kier alpha value is -2.38. The minimum atomic E-state index is -0.701. The van der Waals surface area contributed by atoms with E-state index in [0.717, 1.165) is 13.8 Å². The van der Waals surface area contributed by atoms with Crippen LogP contribution in [0.25, 0.3) is 0 Å². The van der Waals surface area contributed by atoms with E-state index in [0.29, 0.717) is 0 Å². The number of rotatable bonds is 11. The lowest BCUT2D eigenvalue weighted by molar-refractivity contribution is -0.151. The van der Waals surface area contributed by atoms with Crippen LogP contribution in [-0.2, 0) is 38.2 Å². The standard InChI is InChI=1S/C14H18O8/c1-9(15)11(17)5-7-21-13(19)3-4-14(20)22-8-6-12(18)10(2)16/h3-8H2,1-2H3. The van der Waals surface area contributed by atoms with Crippen molar-refractivity contribution in [3.05, 3.63) is 0 Å². The third-order valence-electron chi connectivity index (χ3n) is 2.50. The summed E-state index contributed by atoms with van der Waals surface area (Å²) in [7, 11) is 0. The SMILES string of the molecule is CC(=O)C(=O)CCOC(=O)CCC(=O)OCCC(=O)C(C)=O. The molecule has 0 heterocycles. The van der Waals surface area contributed by atoms with Gasteiger partial charge in [0, 0.05) is 26.7 Å². The van der Waals surface area contributed by atoms with Gasteiger partial charge in [-0.05, 0) is 0 Å². The van der Waals surface area contributed by atoms with Crippen molar-refractivity contribution in [3.8, 4) is 0 Å². The van der Waals surface area contributed by atoms with Gasteiger partial charge < -0.3 is 9.47 Å². The lowest BCUT2D eigenvalue weighted by Crippen LogP contribution is -2.17. The molecular formula is C14H18O8. The van der Waals surface area contributed by atoms with Gasteiger partial charge in [0.1, 0.15) is 0 Å². The minimum absolute atomic E-state index is 0.196. The quantitative estimate of drug-likeness (QED) is 0.384. The lowest BCUT2D eigenvalue weighted by Gasteiger charge is -2.04. The maximum Gasteiger partial charge on any atom is 0.306 e. The molecule has 0 saturated heterocycles. The number of carbonyl (C=O) groups is 6. The molecule has 22 heavy (non-hydrogen) atoms. The molecular weight excluding hydrogens is 296 g/mol. The Morgan fingerprint density at radius 2 is 0.909 bits per heavy atom. The fourth-order valence-corrected chi connectivity index (χ4v) is 1.22. The third kappa shape index (κ3) is 9.51. The number of ether oxygens (including phenoxy) is 2. The van der Waals surface area contributed by atoms with Gasteiger partial charge in [0.2, 0.25) is 11.6 Å². The van der Waals surface area contributed by atoms with Crippen LogP contribution in [0.2, 0.25) is 0 Å². The Labute approximate surface area is 127 Å². The average Bonchev–Trinajstić information content (AvgIpc) is 2.44. The molecule has 0 aromatic rings. The van der Waals surface area contributed by atoms with E-state index in [1.54, 1.807) is 0 Å². The highest BCUT2D eigenvalue weighted by Crippen LogP contribution is 1.98. The summed E-state index contributed by atoms with van der Waals surface area (Å²) in [5.41, 5.74) is 0. The summed E-state index contributed by atoms with van der Waals surface area (Å²) in [6, 6.07) is 0. The van der Waals surface area contributed by atoms with Gasteiger partial charge in [0.25, 0.3) is 0 Å². The van der Waals surface area contributed by atoms with E-state index in [1.165, 1.54) is 0 Å². The molecule has 0 amide bonds. The van der Waals surface area contributed by atoms with Crippen molar-refractivity contribution in [2.75, 3.05) is 13.2 Å². The molecule has 0 fully saturated rings. The van der Waals surface area contributed by atoms with Gasteiger partial charge in [-0.1, -0.05) is 0 Å². The molecule has 0 atom stereocenters. The van der Waals surface area contributed by atoms with Gasteiger partial charge >= 0.3 is 11.9 Å². The molecule has 0 aliphatic carbocycles. The van der Waals surface area contributed by atoms with Gasteiger partial charge in [-0.25, -0.2) is 0 Å². The Balaban J connectivity index is 3.75. The first kappa shape index (κ1) is 19.6. The number of Topliss-reactive ketones (excluding diaryl/α,β-unsaturated/α-hetero) is 4. The van der Waals surface area contributed by atoms with Crippen molar-refractivity contribution in [1.82, 2.24) is 0 Å². The van der Waals surface area contributed by atoms with Crippen LogP contribution in [0.5, 0.6) is 0 Å². The Morgan fingerprint density at radius 1 is 0.591 bits per heavy atom. The molecule has 0 aromatic carbocycles. The van der Waals surface area contributed by atoms with Gasteiger partial charge in [0.15, 0.2) is 11.6 Å². The van der Waals surface area contributed by atoms with E-state index in [-0.39, 0.29) is 38.9 Å². The molecule has 0 unspecified atom stereocenters. The largest absolute Gasteiger partial charge is 0.465 e. The summed E-state index contributed by atoms with van der Waals surface area (Å²) < 4.78 is 9.34. The van der Waals surface area contributed by atoms with Crippen LogP contribution in [-0.4, -0.2) is 48.3 Å². The van der Waals surface area contributed by atoms with E-state index < -0.39 is 35.1 Å². The number of esters is 2. The molecule has 0 aliphatic heterocycles. The fraction of sp³-hybridized carbons (Fsp3) is 0.571. The second-order valence-electron chi connectivity index (χ2n) is 4.40. The van der Waals surface area contributed by atoms with E-state index in [2.05, 4.69) is 9.47 Å². The molecule has 0 spiro atoms. The monoisotopic (exact) mass is 314 g/mol. The number of hydrogen-bond acceptors (Lipinski definition) is 8. The first-order valence-electron chi connectivity index (χ1n) is 6.62. The zero-order valence-electron chi connectivity index (χ0n) is 12.5. The van der Waals surface area contributed by atoms with E-state index in [4.69, 9.17) is 0 Å². The second-order valence-corrected chi connectivity index (χ2v) is 4.40. The highest BCUT2D eigenvalue weighted by Gasteiger charge is 2.13. The maximum absolute atomic E-state index is 11.2. The highest BCUT2D eigenvalue weighted by atomic mass is 16.5. The van der Waals surface area contributed by atoms with Crippen molar-refractivity contribution in [2.45, 2.75) is 39.5 Å². The van der Waals surface area contributed by atoms with Gasteiger partial charge in [0.05, 0.1) is 26.1 Å². The molecule has 8 nitrogen and oxygen atoms in total. The normalized spacial score (nSPS) is 9.73. The molecule has 0 N–H and O–H groups in total. The van der Waals surface area contributed by atoms with Crippen molar-refractivity contribution in [2.24, 2.45) is 0 Å². The Kier molecular flexibility index (Phi) is 9.24. The van der Waals surface area contributed by atoms with E-state index in [1.807, 2.05) is 0 Å². The summed E-state index contributed by atoms with van der Waals surface area (Å²) in [5, 5.41) is 0. The van der Waals surface area contributed by atoms with Gasteiger partial charge in [-0.2, -0.15) is 0 Å². The molecule has 0 radical (unpaired) electrons. The van der Waals surface area contributed by atoms with Crippen LogP contribution in [0, 0.1) is 0 Å². The molecule has 0 saturated carbocycles. The summed E-state index contributed by atoms with van der Waals surface area (Å²) >= 11 is 0. The van der Waals surface area contributed by atoms with Crippen LogP contribution in [0.4, 0.5) is 0 Å². The van der Waals surface area contributed by atoms with Crippen molar-refractivity contribution < 1.29 is 38.2 Å². The molecule has 8 heteroatoms. The highest BCUT2D eigenvalue weighted by molar-refractivity contribution is 6.36. The summed E-state index contributed by atoms with van der Waals surface area (Å²) in [5.74, 6) is -3.90. The van der Waals surface area contributed by atoms with Gasteiger partial charge in [-0.15, -0.1) is 0 Å². The predicted molar refractivity (Wildman–Crippen MR) is 71.8 cm³/mol. The maximum atomic E-state index is 11.2. The number of carbonyl (C=O) groups excluding carboxylic acids is 6. The summed E-state index contributed by atoms with van der Waals surface area (Å²) in [6.07, 6.45) is -0.876. The zero-order chi connectivity index (χ0) is 17.1.